The molecule has 7 rings (SSSR count). The second kappa shape index (κ2) is 24.6. The molecule has 0 amide bonds. The highest BCUT2D eigenvalue weighted by Crippen LogP contribution is 2.33. The van der Waals surface area contributed by atoms with Crippen molar-refractivity contribution >= 4 is 64.5 Å². The van der Waals surface area contributed by atoms with Crippen LogP contribution in [0.25, 0.3) is 0 Å². The largest absolute Gasteiger partial charge is 0.573 e. The van der Waals surface area contributed by atoms with Crippen molar-refractivity contribution in [2.45, 2.75) is 37.4 Å². The number of nitrogens with one attached hydrogen (secondary N) is 2. The maximum absolute atomic E-state index is 12.8. The number of halogens is 3. The van der Waals surface area contributed by atoms with E-state index < -0.39 is 58.8 Å². The van der Waals surface area contributed by atoms with Gasteiger partial charge in [-0.15, -0.1) is 24.5 Å². The van der Waals surface area contributed by atoms with Gasteiger partial charge in [0.1, 0.15) is 68.5 Å². The maximum atomic E-state index is 12.8. The van der Waals surface area contributed by atoms with Gasteiger partial charge in [-0.3, -0.25) is 19.0 Å². The van der Waals surface area contributed by atoms with Gasteiger partial charge in [0.15, 0.2) is 0 Å². The second-order valence-electron chi connectivity index (χ2n) is 14.9. The monoisotopic (exact) mass is 1080 g/mol. The zero-order valence-electron chi connectivity index (χ0n) is 37.8. The van der Waals surface area contributed by atoms with Crippen molar-refractivity contribution in [2.75, 3.05) is 35.9 Å². The van der Waals surface area contributed by atoms with Gasteiger partial charge in [0.25, 0.3) is 20.0 Å². The summed E-state index contributed by atoms with van der Waals surface area (Å²) in [5.74, 6) is -1.03. The van der Waals surface area contributed by atoms with Crippen LogP contribution in [0, 0.1) is 0 Å². The van der Waals surface area contributed by atoms with E-state index in [1.807, 2.05) is 0 Å². The topological polar surface area (TPSA) is 247 Å². The molecule has 0 aliphatic carbocycles. The Morgan fingerprint density at radius 1 is 0.479 bits per heavy atom. The van der Waals surface area contributed by atoms with Crippen molar-refractivity contribution in [1.82, 2.24) is 0 Å². The minimum Gasteiger partial charge on any atom is -0.490 e. The molecule has 6 aromatic carbocycles. The van der Waals surface area contributed by atoms with Crippen LogP contribution in [0.15, 0.2) is 182 Å². The Bertz CT molecular complexity index is 3320. The first-order chi connectivity index (χ1) is 34.7. The molecule has 0 radical (unpaired) electrons. The number of carboxylic acids is 2. The Morgan fingerprint density at radius 2 is 0.890 bits per heavy atom. The number of carboxylic acid groups (broad SMARTS) is 2. The van der Waals surface area contributed by atoms with Crippen molar-refractivity contribution in [2.24, 2.45) is 0 Å². The fourth-order valence-electron chi connectivity index (χ4n) is 6.37. The number of sulfone groups is 1. The molecule has 0 saturated carbocycles. The van der Waals surface area contributed by atoms with Crippen LogP contribution in [-0.2, 0) is 52.3 Å². The summed E-state index contributed by atoms with van der Waals surface area (Å²) in [6.45, 7) is 0.605. The first-order valence-electron chi connectivity index (χ1n) is 21.3. The summed E-state index contributed by atoms with van der Waals surface area (Å²) >= 11 is 0.670. The quantitative estimate of drug-likeness (QED) is 0.0437. The Labute approximate surface area is 421 Å². The van der Waals surface area contributed by atoms with E-state index in [2.05, 4.69) is 14.2 Å². The SMILES string of the molecule is O=C(O)Cc1ccccc1OCCOc1ccc(NS(=O)(=O)c2ccc(S(=O)(=O)c3ccccc3)s2)cc1.O=C(O)Cc1ccccc1OCCOc1ccc(NS(=O)(=O)c2ccccc2OC(F)(F)F)cc1. The number of para-hydroxylation sites is 3. The van der Waals surface area contributed by atoms with E-state index in [1.165, 1.54) is 72.8 Å². The maximum Gasteiger partial charge on any atom is 0.573 e. The third kappa shape index (κ3) is 16.4. The van der Waals surface area contributed by atoms with E-state index in [1.54, 1.807) is 78.9 Å². The fraction of sp³-hybridized carbons (Fsp3) is 0.143. The summed E-state index contributed by atoms with van der Waals surface area (Å²) in [5.41, 5.74) is 1.46. The average molecular weight is 1090 g/mol. The lowest BCUT2D eigenvalue weighted by atomic mass is 10.1. The summed E-state index contributed by atoms with van der Waals surface area (Å²) < 4.78 is 145. The molecule has 0 unspecified atom stereocenters. The van der Waals surface area contributed by atoms with Crippen LogP contribution in [0.5, 0.6) is 28.7 Å². The van der Waals surface area contributed by atoms with Crippen LogP contribution in [-0.4, -0.2) is 80.2 Å². The third-order valence-corrected chi connectivity index (χ3v) is 16.2. The molecule has 0 fully saturated rings. The van der Waals surface area contributed by atoms with E-state index in [-0.39, 0.29) is 64.0 Å². The van der Waals surface area contributed by atoms with E-state index in [0.717, 1.165) is 12.1 Å². The van der Waals surface area contributed by atoms with Crippen LogP contribution < -0.4 is 33.1 Å². The lowest BCUT2D eigenvalue weighted by Gasteiger charge is -2.15. The molecule has 0 saturated heterocycles. The number of ether oxygens (including phenoxy) is 5. The van der Waals surface area contributed by atoms with Crippen molar-refractivity contribution < 1.29 is 81.9 Å². The molecule has 1 heterocycles. The highest BCUT2D eigenvalue weighted by Gasteiger charge is 2.34. The molecule has 384 valence electrons. The Balaban J connectivity index is 0.000000239. The lowest BCUT2D eigenvalue weighted by Crippen LogP contribution is -2.20. The number of aliphatic carboxylic acids is 2. The van der Waals surface area contributed by atoms with Gasteiger partial charge in [-0.05, 0) is 97.1 Å². The Hall–Kier alpha value is -7.80. The average Bonchev–Trinajstić information content (AvgIpc) is 3.87. The summed E-state index contributed by atoms with van der Waals surface area (Å²) in [7, 11) is -12.2. The molecule has 0 spiro atoms. The summed E-state index contributed by atoms with van der Waals surface area (Å²) in [6.07, 6.45) is -5.38. The highest BCUT2D eigenvalue weighted by molar-refractivity contribution is 7.96. The van der Waals surface area contributed by atoms with Gasteiger partial charge < -0.3 is 33.9 Å². The number of rotatable bonds is 23. The predicted octanol–water partition coefficient (Wildman–Crippen LogP) is 8.94. The van der Waals surface area contributed by atoms with Gasteiger partial charge in [-0.1, -0.05) is 66.7 Å². The first-order valence-corrected chi connectivity index (χ1v) is 26.6. The van der Waals surface area contributed by atoms with Gasteiger partial charge in [-0.25, -0.2) is 25.3 Å². The standard InChI is InChI=1S/C26H23NO8S3.C23H20F3NO7S/c28-24(29)18-19-6-4-5-9-23(19)35-17-16-34-21-12-10-20(11-13-21)27-38(32,33)26-15-14-25(36-26)37(30,31)22-7-2-1-3-8-22;24-23(25,26)34-20-7-3-4-8-21(20)35(30,31)27-17-9-11-18(12-10-17)32-13-14-33-19-6-2-1-5-16(19)15-22(28)29/h1-15,27H,16-18H2,(H,28,29);1-12,27H,13-15H2,(H,28,29). The van der Waals surface area contributed by atoms with Crippen LogP contribution in [0.1, 0.15) is 11.1 Å². The van der Waals surface area contributed by atoms with Gasteiger partial charge in [0.2, 0.25) is 9.84 Å². The van der Waals surface area contributed by atoms with Gasteiger partial charge in [-0.2, -0.15) is 0 Å². The molecular formula is C49H43F3N2O15S4. The fourth-order valence-corrected chi connectivity index (χ4v) is 11.8. The Morgan fingerprint density at radius 3 is 1.37 bits per heavy atom. The zero-order valence-corrected chi connectivity index (χ0v) is 41.1. The molecule has 17 nitrogen and oxygen atoms in total. The zero-order chi connectivity index (χ0) is 52.7. The third-order valence-electron chi connectivity index (χ3n) is 9.57. The number of alkyl halides is 3. The number of hydrogen-bond acceptors (Lipinski definition) is 14. The van der Waals surface area contributed by atoms with E-state index in [0.29, 0.717) is 45.5 Å². The van der Waals surface area contributed by atoms with Gasteiger partial charge in [0.05, 0.1) is 17.7 Å². The lowest BCUT2D eigenvalue weighted by molar-refractivity contribution is -0.275. The highest BCUT2D eigenvalue weighted by atomic mass is 32.3. The van der Waals surface area contributed by atoms with E-state index in [9.17, 15) is 48.0 Å². The molecule has 0 bridgehead atoms. The van der Waals surface area contributed by atoms with Crippen molar-refractivity contribution in [1.29, 1.82) is 0 Å². The molecule has 7 aromatic rings. The molecule has 24 heteroatoms. The predicted molar refractivity (Wildman–Crippen MR) is 261 cm³/mol. The molecule has 0 atom stereocenters. The minimum atomic E-state index is -5.05. The molecule has 1 aromatic heterocycles. The van der Waals surface area contributed by atoms with Crippen LogP contribution >= 0.6 is 11.3 Å². The number of sulfonamides is 2. The summed E-state index contributed by atoms with van der Waals surface area (Å²) in [4.78, 5) is 21.3. The number of benzene rings is 6. The molecule has 0 aliphatic heterocycles. The summed E-state index contributed by atoms with van der Waals surface area (Å²) in [5, 5.41) is 18.0. The smallest absolute Gasteiger partial charge is 0.490 e. The molecule has 0 aliphatic rings. The van der Waals surface area contributed by atoms with Crippen molar-refractivity contribution in [3.63, 3.8) is 0 Å². The van der Waals surface area contributed by atoms with Crippen LogP contribution in [0.2, 0.25) is 0 Å². The van der Waals surface area contributed by atoms with Crippen LogP contribution in [0.3, 0.4) is 0 Å². The Kier molecular flexibility index (Phi) is 18.3. The van der Waals surface area contributed by atoms with Crippen molar-refractivity contribution in [3.8, 4) is 28.7 Å². The number of carbonyl (C=O) groups is 2. The minimum absolute atomic E-state index is 0.0689. The normalized spacial score (nSPS) is 11.5. The van der Waals surface area contributed by atoms with Crippen LogP contribution in [0.4, 0.5) is 24.5 Å². The van der Waals surface area contributed by atoms with Crippen molar-refractivity contribution in [3.05, 3.63) is 175 Å². The number of thiophene rings is 1. The first kappa shape index (κ1) is 54.5. The molecular weight excluding hydrogens is 1040 g/mol. The second-order valence-corrected chi connectivity index (χ2v) is 21.7. The molecule has 4 N–H and O–H groups in total. The number of anilines is 2. The van der Waals surface area contributed by atoms with Gasteiger partial charge in [0, 0.05) is 22.5 Å². The van der Waals surface area contributed by atoms with E-state index >= 15 is 0 Å². The number of hydrogen-bond donors (Lipinski definition) is 4. The summed E-state index contributed by atoms with van der Waals surface area (Å²) in [6, 6.07) is 40.2. The molecule has 73 heavy (non-hydrogen) atoms. The van der Waals surface area contributed by atoms with Gasteiger partial charge >= 0.3 is 18.3 Å². The van der Waals surface area contributed by atoms with E-state index in [4.69, 9.17) is 29.2 Å².